The van der Waals surface area contributed by atoms with Crippen LogP contribution in [0.15, 0.2) is 71.9 Å². The van der Waals surface area contributed by atoms with Crippen LogP contribution in [0.4, 0.5) is 17.1 Å². The Morgan fingerprint density at radius 2 is 1.70 bits per heavy atom. The summed E-state index contributed by atoms with van der Waals surface area (Å²) in [7, 11) is 4.87. The fraction of sp³-hybridized carbons (Fsp3) is 0.280. The number of nitrogens with zero attached hydrogens (tertiary/aromatic N) is 3. The summed E-state index contributed by atoms with van der Waals surface area (Å²) < 4.78 is 4.91. The van der Waals surface area contributed by atoms with E-state index < -0.39 is 5.97 Å². The normalized spacial score (nSPS) is 11.4. The van der Waals surface area contributed by atoms with E-state index in [1.807, 2.05) is 66.6 Å². The SMILES string of the molecule is C=C(C=Cc1ccccc1NC)C(=NN(C)c1ccc(N(CCO)CCO)cc1)C(=O)OC. The van der Waals surface area contributed by atoms with Crippen molar-refractivity contribution in [3.63, 3.8) is 0 Å². The number of aliphatic hydroxyl groups excluding tert-OH is 2. The number of carbonyl (C=O) groups excluding carboxylic acids is 1. The molecule has 0 aromatic heterocycles. The van der Waals surface area contributed by atoms with Gasteiger partial charge in [0.25, 0.3) is 0 Å². The second kappa shape index (κ2) is 13.0. The summed E-state index contributed by atoms with van der Waals surface area (Å²) in [5, 5.41) is 27.6. The minimum Gasteiger partial charge on any atom is -0.464 e. The van der Waals surface area contributed by atoms with Crippen molar-refractivity contribution in [2.75, 3.05) is 62.7 Å². The highest BCUT2D eigenvalue weighted by atomic mass is 16.5. The monoisotopic (exact) mass is 452 g/mol. The van der Waals surface area contributed by atoms with Crippen LogP contribution >= 0.6 is 0 Å². The predicted molar refractivity (Wildman–Crippen MR) is 135 cm³/mol. The number of hydrogen-bond acceptors (Lipinski definition) is 8. The number of allylic oxidation sites excluding steroid dienone is 1. The molecule has 0 aliphatic heterocycles. The molecule has 33 heavy (non-hydrogen) atoms. The second-order valence-electron chi connectivity index (χ2n) is 7.11. The number of benzene rings is 2. The molecule has 0 atom stereocenters. The van der Waals surface area contributed by atoms with Crippen molar-refractivity contribution < 1.29 is 19.7 Å². The lowest BCUT2D eigenvalue weighted by molar-refractivity contribution is -0.132. The van der Waals surface area contributed by atoms with Crippen molar-refractivity contribution >= 4 is 34.8 Å². The van der Waals surface area contributed by atoms with Gasteiger partial charge in [0.1, 0.15) is 0 Å². The van der Waals surface area contributed by atoms with Crippen molar-refractivity contribution in [2.24, 2.45) is 5.10 Å². The van der Waals surface area contributed by atoms with E-state index >= 15 is 0 Å². The molecular formula is C25H32N4O4. The number of para-hydroxylation sites is 1. The molecule has 0 saturated carbocycles. The van der Waals surface area contributed by atoms with Gasteiger partial charge in [-0.3, -0.25) is 5.01 Å². The molecule has 8 nitrogen and oxygen atoms in total. The highest BCUT2D eigenvalue weighted by Crippen LogP contribution is 2.21. The molecule has 0 radical (unpaired) electrons. The van der Waals surface area contributed by atoms with Crippen molar-refractivity contribution in [3.8, 4) is 0 Å². The van der Waals surface area contributed by atoms with Gasteiger partial charge in [-0.1, -0.05) is 36.9 Å². The van der Waals surface area contributed by atoms with E-state index in [0.717, 1.165) is 22.6 Å². The Kier molecular flexibility index (Phi) is 10.1. The van der Waals surface area contributed by atoms with Gasteiger partial charge in [0.05, 0.1) is 26.0 Å². The Morgan fingerprint density at radius 1 is 1.09 bits per heavy atom. The van der Waals surface area contributed by atoms with Gasteiger partial charge < -0.3 is 25.2 Å². The molecule has 0 fully saturated rings. The maximum atomic E-state index is 12.4. The Hall–Kier alpha value is -3.62. The van der Waals surface area contributed by atoms with Crippen LogP contribution in [0, 0.1) is 0 Å². The summed E-state index contributed by atoms with van der Waals surface area (Å²) >= 11 is 0. The molecule has 0 spiro atoms. The lowest BCUT2D eigenvalue weighted by Gasteiger charge is -2.24. The lowest BCUT2D eigenvalue weighted by atomic mass is 10.1. The predicted octanol–water partition coefficient (Wildman–Crippen LogP) is 2.75. The minimum atomic E-state index is -0.591. The topological polar surface area (TPSA) is 97.6 Å². The molecule has 0 saturated heterocycles. The molecule has 0 unspecified atom stereocenters. The zero-order chi connectivity index (χ0) is 24.2. The number of nitrogens with one attached hydrogen (secondary N) is 1. The standard InChI is InChI=1S/C25H32N4O4/c1-19(9-10-20-7-5-6-8-23(20)26-2)24(25(32)33-4)27-28(3)21-11-13-22(14-12-21)29(15-17-30)16-18-31/h5-14,26,30-31H,1,15-18H2,2-4H3. The van der Waals surface area contributed by atoms with Crippen LogP contribution in [0.25, 0.3) is 6.08 Å². The number of esters is 1. The highest BCUT2D eigenvalue weighted by Gasteiger charge is 2.16. The van der Waals surface area contributed by atoms with E-state index in [9.17, 15) is 15.0 Å². The number of methoxy groups -OCH3 is 1. The number of ether oxygens (including phenoxy) is 1. The fourth-order valence-electron chi connectivity index (χ4n) is 3.17. The van der Waals surface area contributed by atoms with Gasteiger partial charge in [-0.15, -0.1) is 0 Å². The number of carbonyl (C=O) groups is 1. The molecular weight excluding hydrogens is 420 g/mol. The molecule has 8 heteroatoms. The quantitative estimate of drug-likeness (QED) is 0.197. The number of aliphatic hydroxyl groups is 2. The maximum absolute atomic E-state index is 12.4. The van der Waals surface area contributed by atoms with E-state index in [1.165, 1.54) is 7.11 Å². The lowest BCUT2D eigenvalue weighted by Crippen LogP contribution is -2.29. The molecule has 0 aliphatic rings. The first-order chi connectivity index (χ1) is 15.9. The van der Waals surface area contributed by atoms with Gasteiger partial charge in [0, 0.05) is 44.1 Å². The van der Waals surface area contributed by atoms with Crippen LogP contribution in [-0.4, -0.2) is 69.4 Å². The van der Waals surface area contributed by atoms with E-state index in [0.29, 0.717) is 18.7 Å². The number of anilines is 3. The first-order valence-electron chi connectivity index (χ1n) is 10.6. The van der Waals surface area contributed by atoms with Crippen LogP contribution in [0.3, 0.4) is 0 Å². The van der Waals surface area contributed by atoms with Gasteiger partial charge in [-0.25, -0.2) is 4.79 Å². The van der Waals surface area contributed by atoms with Crippen LogP contribution in [0.2, 0.25) is 0 Å². The van der Waals surface area contributed by atoms with Gasteiger partial charge in [-0.2, -0.15) is 5.10 Å². The van der Waals surface area contributed by atoms with Crippen molar-refractivity contribution in [1.82, 2.24) is 0 Å². The third-order valence-corrected chi connectivity index (χ3v) is 4.96. The van der Waals surface area contributed by atoms with E-state index in [4.69, 9.17) is 4.74 Å². The van der Waals surface area contributed by atoms with Gasteiger partial charge in [0.2, 0.25) is 0 Å². The molecule has 0 bridgehead atoms. The van der Waals surface area contributed by atoms with Gasteiger partial charge in [-0.05, 0) is 35.9 Å². The van der Waals surface area contributed by atoms with Crippen LogP contribution < -0.4 is 15.2 Å². The van der Waals surface area contributed by atoms with E-state index in [2.05, 4.69) is 17.0 Å². The molecule has 0 heterocycles. The minimum absolute atomic E-state index is 0.0111. The Balaban J connectivity index is 2.25. The van der Waals surface area contributed by atoms with Crippen LogP contribution in [0.1, 0.15) is 5.56 Å². The maximum Gasteiger partial charge on any atom is 0.359 e. The molecule has 0 amide bonds. The zero-order valence-corrected chi connectivity index (χ0v) is 19.4. The molecule has 2 aromatic carbocycles. The van der Waals surface area contributed by atoms with Crippen LogP contribution in [0.5, 0.6) is 0 Å². The van der Waals surface area contributed by atoms with Crippen molar-refractivity contribution in [3.05, 3.63) is 72.3 Å². The number of hydrazone groups is 1. The average Bonchev–Trinajstić information content (AvgIpc) is 2.85. The Morgan fingerprint density at radius 3 is 2.27 bits per heavy atom. The van der Waals surface area contributed by atoms with Crippen LogP contribution in [-0.2, 0) is 9.53 Å². The smallest absolute Gasteiger partial charge is 0.359 e. The molecule has 2 aromatic rings. The summed E-state index contributed by atoms with van der Waals surface area (Å²) in [6.07, 6.45) is 3.59. The number of rotatable bonds is 12. The Labute approximate surface area is 195 Å². The molecule has 2 rings (SSSR count). The first kappa shape index (κ1) is 25.6. The summed E-state index contributed by atoms with van der Waals surface area (Å²) in [4.78, 5) is 14.3. The first-order valence-corrected chi connectivity index (χ1v) is 10.6. The van der Waals surface area contributed by atoms with E-state index in [1.54, 1.807) is 18.1 Å². The van der Waals surface area contributed by atoms with Gasteiger partial charge >= 0.3 is 5.97 Å². The molecule has 176 valence electrons. The summed E-state index contributed by atoms with van der Waals surface area (Å²) in [5.74, 6) is -0.591. The summed E-state index contributed by atoms with van der Waals surface area (Å²) in [6.45, 7) is 4.82. The van der Waals surface area contributed by atoms with E-state index in [-0.39, 0.29) is 18.9 Å². The van der Waals surface area contributed by atoms with Crippen molar-refractivity contribution in [1.29, 1.82) is 0 Å². The highest BCUT2D eigenvalue weighted by molar-refractivity contribution is 6.44. The summed E-state index contributed by atoms with van der Waals surface area (Å²) in [5.41, 5.74) is 4.00. The fourth-order valence-corrected chi connectivity index (χ4v) is 3.17. The molecule has 3 N–H and O–H groups in total. The summed E-state index contributed by atoms with van der Waals surface area (Å²) in [6, 6.07) is 15.2. The largest absolute Gasteiger partial charge is 0.464 e. The average molecular weight is 453 g/mol. The second-order valence-corrected chi connectivity index (χ2v) is 7.11. The zero-order valence-electron chi connectivity index (χ0n) is 19.4. The molecule has 0 aliphatic carbocycles. The third kappa shape index (κ3) is 7.20. The van der Waals surface area contributed by atoms with Gasteiger partial charge in [0.15, 0.2) is 5.71 Å². The number of hydrogen-bond donors (Lipinski definition) is 3. The third-order valence-electron chi connectivity index (χ3n) is 4.96. The Bertz CT molecular complexity index is 980. The van der Waals surface area contributed by atoms with Crippen molar-refractivity contribution in [2.45, 2.75) is 0 Å².